The van der Waals surface area contributed by atoms with Gasteiger partial charge in [0.25, 0.3) is 0 Å². The van der Waals surface area contributed by atoms with Crippen molar-refractivity contribution >= 4 is 5.82 Å². The normalized spacial score (nSPS) is 27.6. The van der Waals surface area contributed by atoms with Gasteiger partial charge in [-0.15, -0.1) is 0 Å². The van der Waals surface area contributed by atoms with E-state index in [1.165, 1.54) is 6.20 Å². The topological polar surface area (TPSA) is 41.1 Å². The molecule has 2 fully saturated rings. The molecule has 1 aromatic rings. The van der Waals surface area contributed by atoms with E-state index in [1.807, 2.05) is 0 Å². The Morgan fingerprint density at radius 1 is 1.22 bits per heavy atom. The van der Waals surface area contributed by atoms with Crippen LogP contribution < -0.4 is 10.2 Å². The predicted molar refractivity (Wildman–Crippen MR) is 59.1 cm³/mol. The predicted octanol–water partition coefficient (Wildman–Crippen LogP) is 1.29. The summed E-state index contributed by atoms with van der Waals surface area (Å²) in [6.07, 6.45) is -1.33. The summed E-state index contributed by atoms with van der Waals surface area (Å²) in [6, 6.07) is 0.344. The van der Waals surface area contributed by atoms with Crippen molar-refractivity contribution in [1.29, 1.82) is 0 Å². The molecule has 4 nitrogen and oxygen atoms in total. The van der Waals surface area contributed by atoms with E-state index < -0.39 is 11.9 Å². The molecule has 0 aliphatic carbocycles. The number of fused-ring (bicyclic) bond motifs is 1. The fourth-order valence-electron chi connectivity index (χ4n) is 2.75. The van der Waals surface area contributed by atoms with Crippen molar-refractivity contribution in [3.8, 4) is 0 Å². The van der Waals surface area contributed by atoms with Crippen molar-refractivity contribution in [2.24, 2.45) is 5.92 Å². The Morgan fingerprint density at radius 2 is 2.06 bits per heavy atom. The van der Waals surface area contributed by atoms with Gasteiger partial charge in [-0.05, 0) is 12.3 Å². The molecule has 2 atom stereocenters. The molecule has 98 valence electrons. The number of aromatic nitrogens is 2. The fourth-order valence-corrected chi connectivity index (χ4v) is 2.75. The molecule has 2 saturated heterocycles. The lowest BCUT2D eigenvalue weighted by atomic mass is 10.1. The molecule has 2 aliphatic rings. The molecular weight excluding hydrogens is 245 g/mol. The first-order valence-electron chi connectivity index (χ1n) is 5.92. The van der Waals surface area contributed by atoms with Crippen LogP contribution >= 0.6 is 0 Å². The highest BCUT2D eigenvalue weighted by Crippen LogP contribution is 2.32. The largest absolute Gasteiger partial charge is 0.434 e. The van der Waals surface area contributed by atoms with Crippen molar-refractivity contribution < 1.29 is 13.2 Å². The molecule has 0 aromatic carbocycles. The number of halogens is 3. The molecule has 1 N–H and O–H groups in total. The van der Waals surface area contributed by atoms with Gasteiger partial charge in [-0.3, -0.25) is 0 Å². The van der Waals surface area contributed by atoms with Gasteiger partial charge in [0.05, 0.1) is 12.4 Å². The van der Waals surface area contributed by atoms with Gasteiger partial charge in [0.2, 0.25) is 0 Å². The van der Waals surface area contributed by atoms with Crippen LogP contribution in [0.4, 0.5) is 19.0 Å². The summed E-state index contributed by atoms with van der Waals surface area (Å²) in [5.41, 5.74) is -0.938. The zero-order chi connectivity index (χ0) is 12.8. The molecule has 0 bridgehead atoms. The third kappa shape index (κ3) is 1.92. The second kappa shape index (κ2) is 4.08. The Kier molecular flexibility index (Phi) is 2.65. The minimum atomic E-state index is -4.42. The maximum Gasteiger partial charge on any atom is 0.434 e. The maximum absolute atomic E-state index is 12.4. The molecule has 2 aliphatic heterocycles. The Hall–Kier alpha value is -1.37. The number of anilines is 1. The molecule has 3 heterocycles. The number of hydrogen-bond acceptors (Lipinski definition) is 4. The Labute approximate surface area is 102 Å². The molecular formula is C11H13F3N4. The summed E-state index contributed by atoms with van der Waals surface area (Å²) in [5.74, 6) is 1.12. The third-order valence-corrected chi connectivity index (χ3v) is 3.67. The second-order valence-corrected chi connectivity index (χ2v) is 4.73. The van der Waals surface area contributed by atoms with Gasteiger partial charge in [0.15, 0.2) is 5.69 Å². The molecule has 18 heavy (non-hydrogen) atoms. The number of nitrogens with one attached hydrogen (secondary N) is 1. The smallest absolute Gasteiger partial charge is 0.351 e. The summed E-state index contributed by atoms with van der Waals surface area (Å²) in [5, 5.41) is 3.29. The van der Waals surface area contributed by atoms with Crippen LogP contribution in [-0.2, 0) is 6.18 Å². The van der Waals surface area contributed by atoms with Crippen molar-refractivity contribution in [2.45, 2.75) is 18.6 Å². The lowest BCUT2D eigenvalue weighted by Gasteiger charge is -2.24. The van der Waals surface area contributed by atoms with Crippen molar-refractivity contribution in [1.82, 2.24) is 15.3 Å². The van der Waals surface area contributed by atoms with E-state index in [1.54, 1.807) is 0 Å². The molecule has 0 spiro atoms. The van der Waals surface area contributed by atoms with Crippen LogP contribution in [0.1, 0.15) is 12.1 Å². The lowest BCUT2D eigenvalue weighted by Crippen LogP contribution is -2.34. The first kappa shape index (κ1) is 11.7. The zero-order valence-corrected chi connectivity index (χ0v) is 9.61. The fraction of sp³-hybridized carbons (Fsp3) is 0.636. The number of hydrogen-bond donors (Lipinski definition) is 1. The maximum atomic E-state index is 12.4. The van der Waals surface area contributed by atoms with Crippen LogP contribution in [0.2, 0.25) is 0 Å². The van der Waals surface area contributed by atoms with E-state index in [-0.39, 0.29) is 0 Å². The summed E-state index contributed by atoms with van der Waals surface area (Å²) < 4.78 is 37.2. The van der Waals surface area contributed by atoms with E-state index in [0.29, 0.717) is 17.8 Å². The molecule has 0 saturated carbocycles. The number of nitrogens with zero attached hydrogens (tertiary/aromatic N) is 3. The number of alkyl halides is 3. The monoisotopic (exact) mass is 258 g/mol. The Balaban J connectivity index is 1.81. The molecule has 0 amide bonds. The van der Waals surface area contributed by atoms with Crippen LogP contribution in [-0.4, -0.2) is 35.6 Å². The highest BCUT2D eigenvalue weighted by atomic mass is 19.4. The van der Waals surface area contributed by atoms with Crippen molar-refractivity contribution in [3.05, 3.63) is 18.1 Å². The van der Waals surface area contributed by atoms with Crippen LogP contribution in [0.3, 0.4) is 0 Å². The summed E-state index contributed by atoms with van der Waals surface area (Å²) in [4.78, 5) is 9.42. The molecule has 7 heteroatoms. The van der Waals surface area contributed by atoms with E-state index in [9.17, 15) is 13.2 Å². The lowest BCUT2D eigenvalue weighted by molar-refractivity contribution is -0.141. The molecule has 2 unspecified atom stereocenters. The van der Waals surface area contributed by atoms with E-state index >= 15 is 0 Å². The average Bonchev–Trinajstić information content (AvgIpc) is 2.89. The SMILES string of the molecule is FC(F)(F)c1cnc(N2CCC3CNCC32)cn1. The van der Waals surface area contributed by atoms with Gasteiger partial charge in [-0.1, -0.05) is 0 Å². The van der Waals surface area contributed by atoms with Gasteiger partial charge < -0.3 is 10.2 Å². The van der Waals surface area contributed by atoms with Crippen LogP contribution in [0.5, 0.6) is 0 Å². The van der Waals surface area contributed by atoms with Gasteiger partial charge in [-0.2, -0.15) is 13.2 Å². The average molecular weight is 258 g/mol. The quantitative estimate of drug-likeness (QED) is 0.824. The van der Waals surface area contributed by atoms with Crippen LogP contribution in [0.15, 0.2) is 12.4 Å². The number of rotatable bonds is 1. The zero-order valence-electron chi connectivity index (χ0n) is 9.61. The van der Waals surface area contributed by atoms with Gasteiger partial charge >= 0.3 is 6.18 Å². The summed E-state index contributed by atoms with van der Waals surface area (Å²) in [7, 11) is 0. The minimum Gasteiger partial charge on any atom is -0.351 e. The summed E-state index contributed by atoms with van der Waals surface area (Å²) >= 11 is 0. The minimum absolute atomic E-state index is 0.344. The van der Waals surface area contributed by atoms with Crippen LogP contribution in [0, 0.1) is 5.92 Å². The molecule has 3 rings (SSSR count). The van der Waals surface area contributed by atoms with E-state index in [2.05, 4.69) is 20.2 Å². The van der Waals surface area contributed by atoms with E-state index in [4.69, 9.17) is 0 Å². The molecule has 1 aromatic heterocycles. The van der Waals surface area contributed by atoms with Crippen LogP contribution in [0.25, 0.3) is 0 Å². The van der Waals surface area contributed by atoms with Gasteiger partial charge in [0.1, 0.15) is 5.82 Å². The first-order chi connectivity index (χ1) is 8.55. The highest BCUT2D eigenvalue weighted by molar-refractivity contribution is 5.40. The second-order valence-electron chi connectivity index (χ2n) is 4.73. The van der Waals surface area contributed by atoms with Gasteiger partial charge in [-0.25, -0.2) is 9.97 Å². The standard InChI is InChI=1S/C11H13F3N4/c12-11(13,14)9-5-17-10(6-16-9)18-2-1-7-3-15-4-8(7)18/h5-8,15H,1-4H2. The third-order valence-electron chi connectivity index (χ3n) is 3.67. The summed E-state index contributed by atoms with van der Waals surface area (Å²) in [6.45, 7) is 2.69. The Morgan fingerprint density at radius 3 is 2.72 bits per heavy atom. The van der Waals surface area contributed by atoms with Crippen molar-refractivity contribution in [2.75, 3.05) is 24.5 Å². The Bertz CT molecular complexity index is 431. The van der Waals surface area contributed by atoms with Gasteiger partial charge in [0, 0.05) is 25.7 Å². The first-order valence-corrected chi connectivity index (χ1v) is 5.92. The highest BCUT2D eigenvalue weighted by Gasteiger charge is 2.39. The van der Waals surface area contributed by atoms with E-state index in [0.717, 1.165) is 32.3 Å². The molecule has 0 radical (unpaired) electrons. The van der Waals surface area contributed by atoms with Crippen molar-refractivity contribution in [3.63, 3.8) is 0 Å².